The lowest BCUT2D eigenvalue weighted by molar-refractivity contribution is 0.106. The van der Waals surface area contributed by atoms with Crippen molar-refractivity contribution in [1.82, 2.24) is 5.32 Å². The van der Waals surface area contributed by atoms with Crippen molar-refractivity contribution >= 4 is 27.3 Å². The van der Waals surface area contributed by atoms with Crippen molar-refractivity contribution in [2.24, 2.45) is 0 Å². The normalized spacial score (nSPS) is 12.3. The van der Waals surface area contributed by atoms with Gasteiger partial charge >= 0.3 is 0 Å². The summed E-state index contributed by atoms with van der Waals surface area (Å²) in [5.74, 6) is 0.787. The molecule has 108 valence electrons. The number of ether oxygens (including phenoxy) is 1. The van der Waals surface area contributed by atoms with E-state index in [4.69, 9.17) is 4.74 Å². The Bertz CT molecular complexity index is 504. The Hall–Kier alpha value is -0.880. The summed E-state index contributed by atoms with van der Waals surface area (Å²) in [6.45, 7) is 1.70. The van der Waals surface area contributed by atoms with E-state index in [9.17, 15) is 5.11 Å². The molecular formula is C15H18BrNO2S. The predicted octanol–water partition coefficient (Wildman–Crippen LogP) is 3.08. The van der Waals surface area contributed by atoms with Crippen LogP contribution in [0.5, 0.6) is 5.75 Å². The largest absolute Gasteiger partial charge is 0.491 e. The van der Waals surface area contributed by atoms with E-state index in [1.54, 1.807) is 11.3 Å². The van der Waals surface area contributed by atoms with E-state index in [2.05, 4.69) is 33.4 Å². The van der Waals surface area contributed by atoms with E-state index in [0.717, 1.165) is 22.5 Å². The smallest absolute Gasteiger partial charge is 0.119 e. The number of thiophene rings is 1. The number of hydrogen-bond donors (Lipinski definition) is 2. The molecule has 0 aliphatic rings. The van der Waals surface area contributed by atoms with Crippen molar-refractivity contribution in [3.63, 3.8) is 0 Å². The molecule has 3 nitrogen and oxygen atoms in total. The molecule has 1 atom stereocenters. The second-order valence-electron chi connectivity index (χ2n) is 4.44. The molecular weight excluding hydrogens is 338 g/mol. The van der Waals surface area contributed by atoms with Gasteiger partial charge in [0, 0.05) is 18.0 Å². The summed E-state index contributed by atoms with van der Waals surface area (Å²) in [5.41, 5.74) is 0. The molecule has 0 aliphatic heterocycles. The van der Waals surface area contributed by atoms with Crippen LogP contribution in [0.1, 0.15) is 4.88 Å². The number of aliphatic hydroxyl groups is 1. The molecule has 0 fully saturated rings. The lowest BCUT2D eigenvalue weighted by atomic mass is 10.3. The average molecular weight is 356 g/mol. The highest BCUT2D eigenvalue weighted by molar-refractivity contribution is 9.11. The number of halogens is 1. The monoisotopic (exact) mass is 355 g/mol. The fraction of sp³-hybridized carbons (Fsp3) is 0.333. The van der Waals surface area contributed by atoms with Crippen molar-refractivity contribution < 1.29 is 9.84 Å². The maximum absolute atomic E-state index is 9.82. The molecule has 0 amide bonds. The van der Waals surface area contributed by atoms with Crippen LogP contribution < -0.4 is 10.1 Å². The molecule has 2 N–H and O–H groups in total. The van der Waals surface area contributed by atoms with Crippen LogP contribution in [0.3, 0.4) is 0 Å². The van der Waals surface area contributed by atoms with Crippen LogP contribution >= 0.6 is 27.3 Å². The Morgan fingerprint density at radius 1 is 1.20 bits per heavy atom. The van der Waals surface area contributed by atoms with Crippen LogP contribution in [0, 0.1) is 0 Å². The van der Waals surface area contributed by atoms with Gasteiger partial charge in [0.25, 0.3) is 0 Å². The molecule has 1 unspecified atom stereocenters. The zero-order valence-corrected chi connectivity index (χ0v) is 13.5. The zero-order valence-electron chi connectivity index (χ0n) is 11.1. The van der Waals surface area contributed by atoms with Crippen LogP contribution in [0.25, 0.3) is 0 Å². The van der Waals surface area contributed by atoms with Crippen molar-refractivity contribution in [3.8, 4) is 5.75 Å². The van der Waals surface area contributed by atoms with Gasteiger partial charge in [-0.25, -0.2) is 0 Å². The lowest BCUT2D eigenvalue weighted by Gasteiger charge is -2.13. The first kappa shape index (κ1) is 15.5. The zero-order chi connectivity index (χ0) is 14.2. The highest BCUT2D eigenvalue weighted by atomic mass is 79.9. The van der Waals surface area contributed by atoms with E-state index >= 15 is 0 Å². The maximum Gasteiger partial charge on any atom is 0.119 e. The van der Waals surface area contributed by atoms with Gasteiger partial charge in [0.2, 0.25) is 0 Å². The van der Waals surface area contributed by atoms with Crippen LogP contribution in [0.15, 0.2) is 46.3 Å². The minimum atomic E-state index is -0.495. The van der Waals surface area contributed by atoms with Gasteiger partial charge in [0.1, 0.15) is 18.5 Å². The van der Waals surface area contributed by atoms with Crippen molar-refractivity contribution in [3.05, 3.63) is 51.1 Å². The molecule has 0 saturated heterocycles. The molecule has 1 aromatic heterocycles. The SMILES string of the molecule is OC(CNCCc1ccc(Br)s1)COc1ccccc1. The number of hydrogen-bond acceptors (Lipinski definition) is 4. The first-order valence-corrected chi connectivity index (χ1v) is 8.16. The third-order valence-electron chi connectivity index (χ3n) is 2.74. The van der Waals surface area contributed by atoms with Gasteiger partial charge in [-0.3, -0.25) is 0 Å². The molecule has 0 saturated carbocycles. The number of rotatable bonds is 8. The third kappa shape index (κ3) is 5.63. The lowest BCUT2D eigenvalue weighted by Crippen LogP contribution is -2.32. The summed E-state index contributed by atoms with van der Waals surface area (Å²) < 4.78 is 6.65. The molecule has 0 aliphatic carbocycles. The van der Waals surface area contributed by atoms with Gasteiger partial charge in [-0.1, -0.05) is 18.2 Å². The van der Waals surface area contributed by atoms with Gasteiger partial charge in [0.15, 0.2) is 0 Å². The number of nitrogens with one attached hydrogen (secondary N) is 1. The minimum absolute atomic E-state index is 0.307. The molecule has 0 radical (unpaired) electrons. The van der Waals surface area contributed by atoms with Gasteiger partial charge in [-0.2, -0.15) is 0 Å². The first-order valence-electron chi connectivity index (χ1n) is 6.55. The van der Waals surface area contributed by atoms with E-state index in [1.807, 2.05) is 30.3 Å². The number of para-hydroxylation sites is 1. The van der Waals surface area contributed by atoms with Gasteiger partial charge in [-0.15, -0.1) is 11.3 Å². The van der Waals surface area contributed by atoms with E-state index in [-0.39, 0.29) is 0 Å². The van der Waals surface area contributed by atoms with Crippen LogP contribution in [0.4, 0.5) is 0 Å². The molecule has 1 aromatic carbocycles. The third-order valence-corrected chi connectivity index (χ3v) is 4.43. The van der Waals surface area contributed by atoms with Gasteiger partial charge < -0.3 is 15.2 Å². The summed E-state index contributed by atoms with van der Waals surface area (Å²) in [6, 6.07) is 13.7. The van der Waals surface area contributed by atoms with Crippen LogP contribution in [-0.2, 0) is 6.42 Å². The van der Waals surface area contributed by atoms with E-state index in [1.165, 1.54) is 4.88 Å². The molecule has 20 heavy (non-hydrogen) atoms. The number of aliphatic hydroxyl groups excluding tert-OH is 1. The maximum atomic E-state index is 9.82. The Morgan fingerprint density at radius 2 is 2.00 bits per heavy atom. The predicted molar refractivity (Wildman–Crippen MR) is 86.5 cm³/mol. The summed E-state index contributed by atoms with van der Waals surface area (Å²) in [5, 5.41) is 13.1. The summed E-state index contributed by atoms with van der Waals surface area (Å²) in [7, 11) is 0. The van der Waals surface area contributed by atoms with E-state index < -0.39 is 6.10 Å². The van der Waals surface area contributed by atoms with E-state index in [0.29, 0.717) is 13.2 Å². The Morgan fingerprint density at radius 3 is 2.70 bits per heavy atom. The minimum Gasteiger partial charge on any atom is -0.491 e. The summed E-state index contributed by atoms with van der Waals surface area (Å²) >= 11 is 5.19. The molecule has 1 heterocycles. The van der Waals surface area contributed by atoms with Gasteiger partial charge in [0.05, 0.1) is 3.79 Å². The quantitative estimate of drug-likeness (QED) is 0.715. The molecule has 5 heteroatoms. The standard InChI is InChI=1S/C15H18BrNO2S/c16-15-7-6-14(20-15)8-9-17-10-12(18)11-19-13-4-2-1-3-5-13/h1-7,12,17-18H,8-11H2. The Labute approximate surface area is 131 Å². The van der Waals surface area contributed by atoms with Crippen molar-refractivity contribution in [2.75, 3.05) is 19.7 Å². The van der Waals surface area contributed by atoms with Crippen LogP contribution in [0.2, 0.25) is 0 Å². The summed E-state index contributed by atoms with van der Waals surface area (Å²) in [6.07, 6.45) is 0.480. The fourth-order valence-corrected chi connectivity index (χ4v) is 3.22. The molecule has 0 bridgehead atoms. The topological polar surface area (TPSA) is 41.5 Å². The average Bonchev–Trinajstić information content (AvgIpc) is 2.88. The Kier molecular flexibility index (Phi) is 6.53. The number of benzene rings is 1. The highest BCUT2D eigenvalue weighted by Crippen LogP contribution is 2.21. The molecule has 2 aromatic rings. The van der Waals surface area contributed by atoms with Gasteiger partial charge in [-0.05, 0) is 46.6 Å². The second kappa shape index (κ2) is 8.42. The first-order chi connectivity index (χ1) is 9.74. The molecule has 0 spiro atoms. The van der Waals surface area contributed by atoms with Crippen molar-refractivity contribution in [1.29, 1.82) is 0 Å². The van der Waals surface area contributed by atoms with Crippen LogP contribution in [-0.4, -0.2) is 30.9 Å². The Balaban J connectivity index is 1.57. The second-order valence-corrected chi connectivity index (χ2v) is 6.99. The highest BCUT2D eigenvalue weighted by Gasteiger charge is 2.05. The summed E-state index contributed by atoms with van der Waals surface area (Å²) in [4.78, 5) is 1.33. The fourth-order valence-electron chi connectivity index (χ4n) is 1.73. The van der Waals surface area contributed by atoms with Crippen molar-refractivity contribution in [2.45, 2.75) is 12.5 Å². The molecule has 2 rings (SSSR count).